The van der Waals surface area contributed by atoms with Crippen molar-refractivity contribution in [3.63, 3.8) is 0 Å². The van der Waals surface area contributed by atoms with Crippen molar-refractivity contribution in [3.8, 4) is 0 Å². The van der Waals surface area contributed by atoms with Gasteiger partial charge >= 0.3 is 5.97 Å². The van der Waals surface area contributed by atoms with Crippen LogP contribution in [0.4, 0.5) is 0 Å². The molecule has 0 saturated heterocycles. The first-order valence-corrected chi connectivity index (χ1v) is 5.45. The van der Waals surface area contributed by atoms with Crippen molar-refractivity contribution in [3.05, 3.63) is 0 Å². The molecule has 0 aliphatic heterocycles. The van der Waals surface area contributed by atoms with Crippen LogP contribution in [-0.4, -0.2) is 34.3 Å². The summed E-state index contributed by atoms with van der Waals surface area (Å²) in [6.45, 7) is 0. The second-order valence-electron chi connectivity index (χ2n) is 2.72. The molecule has 0 rings (SSSR count). The van der Waals surface area contributed by atoms with Gasteiger partial charge in [0.05, 0.1) is 6.10 Å². The summed E-state index contributed by atoms with van der Waals surface area (Å²) < 4.78 is 0. The number of hydrogen-bond donors (Lipinski definition) is 2. The largest absolute Gasteiger partial charge is 0.481 e. The standard InChI is InChI=1S/C8H16O3S/c1-12-6-2-3-7(9)4-5-8(10)11/h7,9H,2-6H2,1H3,(H,10,11). The number of carboxylic acids is 1. The van der Waals surface area contributed by atoms with Crippen LogP contribution in [0.25, 0.3) is 0 Å². The lowest BCUT2D eigenvalue weighted by molar-refractivity contribution is -0.137. The van der Waals surface area contributed by atoms with E-state index in [4.69, 9.17) is 5.11 Å². The molecule has 2 N–H and O–H groups in total. The number of aliphatic hydroxyl groups is 1. The average molecular weight is 192 g/mol. The zero-order chi connectivity index (χ0) is 9.40. The molecule has 0 aliphatic carbocycles. The predicted octanol–water partition coefficient (Wildman–Crippen LogP) is 1.36. The van der Waals surface area contributed by atoms with E-state index in [1.54, 1.807) is 11.8 Å². The van der Waals surface area contributed by atoms with Gasteiger partial charge in [-0.3, -0.25) is 4.79 Å². The molecule has 72 valence electrons. The average Bonchev–Trinajstić information content (AvgIpc) is 2.01. The third-order valence-corrected chi connectivity index (χ3v) is 2.27. The van der Waals surface area contributed by atoms with Gasteiger partial charge in [-0.1, -0.05) is 0 Å². The van der Waals surface area contributed by atoms with Crippen LogP contribution in [-0.2, 0) is 4.79 Å². The normalized spacial score (nSPS) is 12.8. The van der Waals surface area contributed by atoms with Gasteiger partial charge in [0.15, 0.2) is 0 Å². The Kier molecular flexibility index (Phi) is 7.29. The second kappa shape index (κ2) is 7.43. The van der Waals surface area contributed by atoms with Gasteiger partial charge in [0.2, 0.25) is 0 Å². The Morgan fingerprint density at radius 1 is 1.50 bits per heavy atom. The maximum absolute atomic E-state index is 10.1. The Morgan fingerprint density at radius 2 is 2.17 bits per heavy atom. The first-order valence-electron chi connectivity index (χ1n) is 4.05. The fourth-order valence-corrected chi connectivity index (χ4v) is 1.35. The Morgan fingerprint density at radius 3 is 2.67 bits per heavy atom. The minimum Gasteiger partial charge on any atom is -0.481 e. The number of aliphatic carboxylic acids is 1. The summed E-state index contributed by atoms with van der Waals surface area (Å²) in [4.78, 5) is 10.1. The lowest BCUT2D eigenvalue weighted by Gasteiger charge is -2.07. The minimum absolute atomic E-state index is 0.0699. The maximum Gasteiger partial charge on any atom is 0.303 e. The van der Waals surface area contributed by atoms with E-state index in [1.807, 2.05) is 6.26 Å². The molecular formula is C8H16O3S. The second-order valence-corrected chi connectivity index (χ2v) is 3.71. The van der Waals surface area contributed by atoms with Crippen LogP contribution in [0, 0.1) is 0 Å². The van der Waals surface area contributed by atoms with E-state index in [-0.39, 0.29) is 6.42 Å². The summed E-state index contributed by atoms with van der Waals surface area (Å²) in [7, 11) is 0. The molecule has 0 amide bonds. The van der Waals surface area contributed by atoms with E-state index in [0.717, 1.165) is 12.2 Å². The van der Waals surface area contributed by atoms with Crippen molar-refractivity contribution in [2.75, 3.05) is 12.0 Å². The molecule has 0 aromatic heterocycles. The summed E-state index contributed by atoms with van der Waals surface area (Å²) in [6, 6.07) is 0. The number of rotatable bonds is 7. The smallest absolute Gasteiger partial charge is 0.303 e. The van der Waals surface area contributed by atoms with Gasteiger partial charge in [-0.25, -0.2) is 0 Å². The molecule has 0 radical (unpaired) electrons. The molecule has 0 saturated carbocycles. The maximum atomic E-state index is 10.1. The predicted molar refractivity (Wildman–Crippen MR) is 50.5 cm³/mol. The van der Waals surface area contributed by atoms with Crippen molar-refractivity contribution in [1.82, 2.24) is 0 Å². The van der Waals surface area contributed by atoms with E-state index >= 15 is 0 Å². The zero-order valence-electron chi connectivity index (χ0n) is 7.32. The molecule has 0 spiro atoms. The fourth-order valence-electron chi connectivity index (χ4n) is 0.898. The number of thioether (sulfide) groups is 1. The summed E-state index contributed by atoms with van der Waals surface area (Å²) in [6.07, 6.45) is 3.71. The van der Waals surface area contributed by atoms with E-state index in [9.17, 15) is 9.90 Å². The van der Waals surface area contributed by atoms with Crippen LogP contribution in [0.5, 0.6) is 0 Å². The van der Waals surface area contributed by atoms with Gasteiger partial charge in [0.25, 0.3) is 0 Å². The lowest BCUT2D eigenvalue weighted by Crippen LogP contribution is -2.09. The molecule has 0 aromatic carbocycles. The van der Waals surface area contributed by atoms with E-state index in [1.165, 1.54) is 0 Å². The molecule has 0 bridgehead atoms. The van der Waals surface area contributed by atoms with E-state index < -0.39 is 12.1 Å². The molecule has 0 heterocycles. The summed E-state index contributed by atoms with van der Waals surface area (Å²) in [5, 5.41) is 17.6. The fraction of sp³-hybridized carbons (Fsp3) is 0.875. The molecular weight excluding hydrogens is 176 g/mol. The van der Waals surface area contributed by atoms with Gasteiger partial charge in [-0.15, -0.1) is 0 Å². The zero-order valence-corrected chi connectivity index (χ0v) is 8.14. The topological polar surface area (TPSA) is 57.5 Å². The van der Waals surface area contributed by atoms with Crippen LogP contribution in [0.1, 0.15) is 25.7 Å². The minimum atomic E-state index is -0.834. The van der Waals surface area contributed by atoms with E-state index in [0.29, 0.717) is 12.8 Å². The van der Waals surface area contributed by atoms with Crippen molar-refractivity contribution in [2.45, 2.75) is 31.8 Å². The van der Waals surface area contributed by atoms with Crippen LogP contribution in [0.2, 0.25) is 0 Å². The molecule has 1 atom stereocenters. The van der Waals surface area contributed by atoms with Crippen molar-refractivity contribution in [2.24, 2.45) is 0 Å². The SMILES string of the molecule is CSCCCC(O)CCC(=O)O. The first-order chi connectivity index (χ1) is 5.66. The lowest BCUT2D eigenvalue weighted by atomic mass is 10.1. The third-order valence-electron chi connectivity index (χ3n) is 1.58. The molecule has 1 unspecified atom stereocenters. The van der Waals surface area contributed by atoms with Crippen LogP contribution in [0.15, 0.2) is 0 Å². The Labute approximate surface area is 77.2 Å². The van der Waals surface area contributed by atoms with Gasteiger partial charge in [-0.2, -0.15) is 11.8 Å². The highest BCUT2D eigenvalue weighted by Gasteiger charge is 2.05. The van der Waals surface area contributed by atoms with Crippen LogP contribution < -0.4 is 0 Å². The van der Waals surface area contributed by atoms with Crippen molar-refractivity contribution in [1.29, 1.82) is 0 Å². The highest BCUT2D eigenvalue weighted by Crippen LogP contribution is 2.07. The Bertz CT molecular complexity index is 127. The number of hydrogen-bond acceptors (Lipinski definition) is 3. The van der Waals surface area contributed by atoms with Gasteiger partial charge in [0.1, 0.15) is 0 Å². The molecule has 0 fully saturated rings. The van der Waals surface area contributed by atoms with Crippen LogP contribution >= 0.6 is 11.8 Å². The Balaban J connectivity index is 3.21. The third kappa shape index (κ3) is 7.88. The van der Waals surface area contributed by atoms with Crippen molar-refractivity contribution >= 4 is 17.7 Å². The highest BCUT2D eigenvalue weighted by atomic mass is 32.2. The van der Waals surface area contributed by atoms with Crippen molar-refractivity contribution < 1.29 is 15.0 Å². The number of aliphatic hydroxyl groups excluding tert-OH is 1. The van der Waals surface area contributed by atoms with E-state index in [2.05, 4.69) is 0 Å². The molecule has 0 aliphatic rings. The molecule has 4 heteroatoms. The molecule has 3 nitrogen and oxygen atoms in total. The summed E-state index contributed by atoms with van der Waals surface area (Å²) in [5.41, 5.74) is 0. The van der Waals surface area contributed by atoms with Crippen LogP contribution in [0.3, 0.4) is 0 Å². The molecule has 12 heavy (non-hydrogen) atoms. The molecule has 0 aromatic rings. The summed E-state index contributed by atoms with van der Waals surface area (Å²) in [5.74, 6) is 0.198. The first kappa shape index (κ1) is 11.8. The Hall–Kier alpha value is -0.220. The summed E-state index contributed by atoms with van der Waals surface area (Å²) >= 11 is 1.74. The highest BCUT2D eigenvalue weighted by molar-refractivity contribution is 7.98. The van der Waals surface area contributed by atoms with Gasteiger partial charge in [0, 0.05) is 6.42 Å². The quantitative estimate of drug-likeness (QED) is 0.598. The van der Waals surface area contributed by atoms with Gasteiger partial charge in [-0.05, 0) is 31.3 Å². The monoisotopic (exact) mass is 192 g/mol. The number of carboxylic acid groups (broad SMARTS) is 1. The number of carbonyl (C=O) groups is 1. The van der Waals surface area contributed by atoms with Gasteiger partial charge < -0.3 is 10.2 Å².